The third kappa shape index (κ3) is 1.76. The normalized spacial score (nSPS) is 24.0. The Labute approximate surface area is 68.3 Å². The van der Waals surface area contributed by atoms with Gasteiger partial charge in [0.05, 0.1) is 0 Å². The first-order valence-corrected chi connectivity index (χ1v) is 4.52. The van der Waals surface area contributed by atoms with E-state index in [1.165, 1.54) is 0 Å². The first-order chi connectivity index (χ1) is 4.52. The summed E-state index contributed by atoms with van der Waals surface area (Å²) in [5, 5.41) is -3.12. The molecule has 59 valence electrons. The van der Waals surface area contributed by atoms with E-state index in [0.717, 1.165) is 11.5 Å². The van der Waals surface area contributed by atoms with Gasteiger partial charge in [-0.2, -0.15) is 20.5 Å². The van der Waals surface area contributed by atoms with E-state index in [2.05, 4.69) is 6.92 Å². The molecule has 10 heavy (non-hydrogen) atoms. The van der Waals surface area contributed by atoms with Crippen molar-refractivity contribution in [3.63, 3.8) is 0 Å². The second kappa shape index (κ2) is 2.86. The average Bonchev–Trinajstić information content (AvgIpc) is 1.57. The van der Waals surface area contributed by atoms with E-state index in [9.17, 15) is 8.78 Å². The summed E-state index contributed by atoms with van der Waals surface area (Å²) in [6.45, 7) is 3.34. The van der Waals surface area contributed by atoms with Crippen LogP contribution in [0, 0.1) is 18.8 Å². The Morgan fingerprint density at radius 3 is 2.20 bits per heavy atom. The quantitative estimate of drug-likeness (QED) is 0.596. The number of alkyl halides is 3. The summed E-state index contributed by atoms with van der Waals surface area (Å²) in [5.74, 6) is 0.639. The van der Waals surface area contributed by atoms with E-state index >= 15 is 0 Å². The maximum atomic E-state index is 12.3. The molecular weight excluding hydrogens is 178 g/mol. The lowest BCUT2D eigenvalue weighted by atomic mass is 9.97. The average molecular weight is 186 g/mol. The van der Waals surface area contributed by atoms with Gasteiger partial charge < -0.3 is 0 Å². The smallest absolute Gasteiger partial charge is 0.188 e. The molecule has 1 unspecified atom stereocenters. The van der Waals surface area contributed by atoms with E-state index in [1.807, 2.05) is 0 Å². The molecule has 0 N–H and O–H groups in total. The lowest BCUT2D eigenvalue weighted by Gasteiger charge is -2.32. The van der Waals surface area contributed by atoms with Gasteiger partial charge in [0, 0.05) is 5.92 Å². The molecule has 0 amide bonds. The maximum absolute atomic E-state index is 12.3. The van der Waals surface area contributed by atoms with Gasteiger partial charge in [0.2, 0.25) is 0 Å². The van der Waals surface area contributed by atoms with E-state index < -0.39 is 11.3 Å². The molecule has 1 saturated heterocycles. The van der Waals surface area contributed by atoms with Crippen LogP contribution in [0.1, 0.15) is 0 Å². The van der Waals surface area contributed by atoms with E-state index in [4.69, 9.17) is 11.6 Å². The third-order valence-corrected chi connectivity index (χ3v) is 3.26. The molecule has 0 spiro atoms. The maximum Gasteiger partial charge on any atom is 0.324 e. The molecule has 1 rings (SSSR count). The van der Waals surface area contributed by atoms with Gasteiger partial charge in [-0.25, -0.2) is 0 Å². The van der Waals surface area contributed by atoms with Gasteiger partial charge in [-0.1, -0.05) is 0 Å². The van der Waals surface area contributed by atoms with Crippen LogP contribution < -0.4 is 0 Å². The summed E-state index contributed by atoms with van der Waals surface area (Å²) in [6.07, 6.45) is 0. The van der Waals surface area contributed by atoms with Crippen molar-refractivity contribution in [1.29, 1.82) is 0 Å². The molecule has 4 heteroatoms. The summed E-state index contributed by atoms with van der Waals surface area (Å²) >= 11 is 6.44. The van der Waals surface area contributed by atoms with Crippen LogP contribution in [0.5, 0.6) is 0 Å². The van der Waals surface area contributed by atoms with Crippen LogP contribution in [-0.2, 0) is 0 Å². The van der Waals surface area contributed by atoms with Crippen LogP contribution >= 0.6 is 23.4 Å². The molecule has 1 radical (unpaired) electrons. The zero-order chi connectivity index (χ0) is 7.78. The van der Waals surface area contributed by atoms with Crippen molar-refractivity contribution in [3.8, 4) is 0 Å². The van der Waals surface area contributed by atoms with Crippen molar-refractivity contribution < 1.29 is 8.78 Å². The van der Waals surface area contributed by atoms with Gasteiger partial charge >= 0.3 is 5.38 Å². The zero-order valence-electron chi connectivity index (χ0n) is 5.32. The number of hydrogen-bond acceptors (Lipinski definition) is 1. The van der Waals surface area contributed by atoms with Crippen LogP contribution in [-0.4, -0.2) is 16.9 Å². The molecule has 0 bridgehead atoms. The van der Waals surface area contributed by atoms with Crippen LogP contribution in [0.2, 0.25) is 0 Å². The number of rotatable bonds is 2. The third-order valence-electron chi connectivity index (χ3n) is 1.65. The molecule has 1 heterocycles. The number of halogens is 3. The van der Waals surface area contributed by atoms with Gasteiger partial charge in [-0.15, -0.1) is 0 Å². The Morgan fingerprint density at radius 2 is 2.10 bits per heavy atom. The molecule has 0 aromatic heterocycles. The molecule has 1 aliphatic rings. The SMILES string of the molecule is [CH2]C(C1CSC1)C(F)(F)Cl. The minimum Gasteiger partial charge on any atom is -0.188 e. The zero-order valence-corrected chi connectivity index (χ0v) is 6.89. The number of thioether (sulfide) groups is 1. The van der Waals surface area contributed by atoms with Crippen LogP contribution in [0.15, 0.2) is 0 Å². The van der Waals surface area contributed by atoms with Gasteiger partial charge in [-0.3, -0.25) is 0 Å². The lowest BCUT2D eigenvalue weighted by molar-refractivity contribution is 0.0286. The molecule has 0 aromatic rings. The van der Waals surface area contributed by atoms with Crippen LogP contribution in [0.25, 0.3) is 0 Å². The van der Waals surface area contributed by atoms with Gasteiger partial charge in [-0.05, 0) is 35.9 Å². The highest BCUT2D eigenvalue weighted by molar-refractivity contribution is 8.00. The van der Waals surface area contributed by atoms with Crippen molar-refractivity contribution in [1.82, 2.24) is 0 Å². The molecule has 1 aliphatic heterocycles. The fraction of sp³-hybridized carbons (Fsp3) is 0.833. The van der Waals surface area contributed by atoms with E-state index in [-0.39, 0.29) is 5.92 Å². The first-order valence-electron chi connectivity index (χ1n) is 2.99. The summed E-state index contributed by atoms with van der Waals surface area (Å²) < 4.78 is 24.6. The summed E-state index contributed by atoms with van der Waals surface area (Å²) in [6, 6.07) is 0. The molecule has 0 saturated carbocycles. The van der Waals surface area contributed by atoms with Gasteiger partial charge in [0.1, 0.15) is 0 Å². The molecule has 1 fully saturated rings. The molecular formula is C6H8ClF2S. The van der Waals surface area contributed by atoms with Crippen molar-refractivity contribution in [2.24, 2.45) is 11.8 Å². The second-order valence-corrected chi connectivity index (χ2v) is 4.02. The summed E-state index contributed by atoms with van der Waals surface area (Å²) in [5.41, 5.74) is 0. The van der Waals surface area contributed by atoms with E-state index in [1.54, 1.807) is 11.8 Å². The predicted octanol–water partition coefficient (Wildman–Crippen LogP) is 2.63. The summed E-state index contributed by atoms with van der Waals surface area (Å²) in [4.78, 5) is 0. The predicted molar refractivity (Wildman–Crippen MR) is 40.5 cm³/mol. The molecule has 0 aromatic carbocycles. The Bertz CT molecular complexity index is 119. The second-order valence-electron chi connectivity index (χ2n) is 2.45. The summed E-state index contributed by atoms with van der Waals surface area (Å²) in [7, 11) is 0. The van der Waals surface area contributed by atoms with Crippen molar-refractivity contribution in [2.75, 3.05) is 11.5 Å². The fourth-order valence-corrected chi connectivity index (χ4v) is 1.90. The van der Waals surface area contributed by atoms with Gasteiger partial charge in [0.25, 0.3) is 0 Å². The largest absolute Gasteiger partial charge is 0.324 e. The van der Waals surface area contributed by atoms with E-state index in [0.29, 0.717) is 0 Å². The van der Waals surface area contributed by atoms with Crippen LogP contribution in [0.3, 0.4) is 0 Å². The lowest BCUT2D eigenvalue weighted by Crippen LogP contribution is -2.34. The van der Waals surface area contributed by atoms with Gasteiger partial charge in [0.15, 0.2) is 0 Å². The van der Waals surface area contributed by atoms with Crippen molar-refractivity contribution >= 4 is 23.4 Å². The molecule has 1 atom stereocenters. The highest BCUT2D eigenvalue weighted by Gasteiger charge is 2.41. The Kier molecular flexibility index (Phi) is 2.46. The number of hydrogen-bond donors (Lipinski definition) is 0. The molecule has 0 aliphatic carbocycles. The highest BCUT2D eigenvalue weighted by Crippen LogP contribution is 2.40. The standard InChI is InChI=1S/C6H8ClF2S/c1-4(6(7,8)9)5-2-10-3-5/h4-5H,1-3H2. The van der Waals surface area contributed by atoms with Crippen LogP contribution in [0.4, 0.5) is 8.78 Å². The Hall–Kier alpha value is 0.500. The Morgan fingerprint density at radius 1 is 1.60 bits per heavy atom. The minimum absolute atomic E-state index is 0.0116. The molecule has 0 nitrogen and oxygen atoms in total. The Balaban J connectivity index is 2.39. The monoisotopic (exact) mass is 185 g/mol. The van der Waals surface area contributed by atoms with Crippen molar-refractivity contribution in [2.45, 2.75) is 5.38 Å². The van der Waals surface area contributed by atoms with Crippen molar-refractivity contribution in [3.05, 3.63) is 6.92 Å². The highest BCUT2D eigenvalue weighted by atomic mass is 35.5. The fourth-order valence-electron chi connectivity index (χ4n) is 0.754. The first kappa shape index (κ1) is 8.60. The topological polar surface area (TPSA) is 0 Å². The minimum atomic E-state index is -3.12.